The van der Waals surface area contributed by atoms with Crippen LogP contribution in [0.1, 0.15) is 11.7 Å². The van der Waals surface area contributed by atoms with E-state index in [0.717, 1.165) is 0 Å². The van der Waals surface area contributed by atoms with Crippen molar-refractivity contribution in [3.63, 3.8) is 0 Å². The van der Waals surface area contributed by atoms with Gasteiger partial charge in [0, 0.05) is 5.56 Å². The SMILES string of the molecule is NC1=C(C(F)(F)F)C(=O)C(c2ccccc2)O1. The van der Waals surface area contributed by atoms with Crippen molar-refractivity contribution < 1.29 is 22.7 Å². The van der Waals surface area contributed by atoms with Gasteiger partial charge in [-0.05, 0) is 0 Å². The molecule has 0 spiro atoms. The maximum atomic E-state index is 12.5. The topological polar surface area (TPSA) is 52.3 Å². The molecule has 1 heterocycles. The second-order valence-electron chi connectivity index (χ2n) is 3.51. The number of halogens is 3. The summed E-state index contributed by atoms with van der Waals surface area (Å²) < 4.78 is 42.3. The molecule has 0 saturated heterocycles. The molecule has 0 aromatic heterocycles. The fraction of sp³-hybridized carbons (Fsp3) is 0.182. The predicted octanol–water partition coefficient (Wildman–Crippen LogP) is 2.06. The Hall–Kier alpha value is -1.98. The zero-order valence-electron chi connectivity index (χ0n) is 8.49. The maximum absolute atomic E-state index is 12.5. The molecule has 3 nitrogen and oxygen atoms in total. The number of rotatable bonds is 1. The molecule has 90 valence electrons. The fourth-order valence-electron chi connectivity index (χ4n) is 1.62. The van der Waals surface area contributed by atoms with E-state index in [4.69, 9.17) is 10.5 Å². The first-order valence-electron chi connectivity index (χ1n) is 4.74. The Kier molecular flexibility index (Phi) is 2.57. The van der Waals surface area contributed by atoms with E-state index >= 15 is 0 Å². The van der Waals surface area contributed by atoms with Crippen LogP contribution in [-0.2, 0) is 9.53 Å². The van der Waals surface area contributed by atoms with Crippen LogP contribution >= 0.6 is 0 Å². The van der Waals surface area contributed by atoms with Gasteiger partial charge >= 0.3 is 6.18 Å². The average molecular weight is 243 g/mol. The van der Waals surface area contributed by atoms with Gasteiger partial charge in [0.2, 0.25) is 11.7 Å². The minimum Gasteiger partial charge on any atom is -0.462 e. The molecule has 0 bridgehead atoms. The Morgan fingerprint density at radius 3 is 2.24 bits per heavy atom. The lowest BCUT2D eigenvalue weighted by Gasteiger charge is -2.09. The van der Waals surface area contributed by atoms with E-state index in [-0.39, 0.29) is 0 Å². The number of carbonyl (C=O) groups excluding carboxylic acids is 1. The van der Waals surface area contributed by atoms with Gasteiger partial charge in [0.15, 0.2) is 11.7 Å². The van der Waals surface area contributed by atoms with E-state index in [0.29, 0.717) is 5.56 Å². The molecule has 6 heteroatoms. The number of benzene rings is 1. The van der Waals surface area contributed by atoms with Crippen molar-refractivity contribution in [2.45, 2.75) is 12.3 Å². The molecule has 1 aliphatic heterocycles. The van der Waals surface area contributed by atoms with E-state index in [9.17, 15) is 18.0 Å². The van der Waals surface area contributed by atoms with Crippen molar-refractivity contribution in [3.05, 3.63) is 47.4 Å². The van der Waals surface area contributed by atoms with Gasteiger partial charge in [-0.2, -0.15) is 13.2 Å². The van der Waals surface area contributed by atoms with Crippen LogP contribution in [-0.4, -0.2) is 12.0 Å². The molecule has 2 rings (SSSR count). The minimum absolute atomic E-state index is 0.347. The van der Waals surface area contributed by atoms with Crippen molar-refractivity contribution >= 4 is 5.78 Å². The molecule has 17 heavy (non-hydrogen) atoms. The summed E-state index contributed by atoms with van der Waals surface area (Å²) in [5, 5.41) is 0. The average Bonchev–Trinajstić information content (AvgIpc) is 2.54. The van der Waals surface area contributed by atoms with E-state index in [1.807, 2.05) is 0 Å². The van der Waals surface area contributed by atoms with Crippen LogP contribution in [0.3, 0.4) is 0 Å². The quantitative estimate of drug-likeness (QED) is 0.821. The van der Waals surface area contributed by atoms with Crippen LogP contribution in [0.15, 0.2) is 41.8 Å². The smallest absolute Gasteiger partial charge is 0.425 e. The molecular weight excluding hydrogens is 235 g/mol. The lowest BCUT2D eigenvalue weighted by atomic mass is 10.0. The number of ether oxygens (including phenoxy) is 1. The molecule has 0 fully saturated rings. The second-order valence-corrected chi connectivity index (χ2v) is 3.51. The molecule has 0 aliphatic carbocycles. The van der Waals surface area contributed by atoms with Crippen LogP contribution in [0.25, 0.3) is 0 Å². The van der Waals surface area contributed by atoms with Crippen LogP contribution < -0.4 is 5.73 Å². The number of alkyl halides is 3. The molecule has 0 radical (unpaired) electrons. The molecule has 1 unspecified atom stereocenters. The van der Waals surface area contributed by atoms with Crippen molar-refractivity contribution in [1.29, 1.82) is 0 Å². The summed E-state index contributed by atoms with van der Waals surface area (Å²) in [7, 11) is 0. The van der Waals surface area contributed by atoms with Gasteiger partial charge in [0.1, 0.15) is 0 Å². The van der Waals surface area contributed by atoms with Gasteiger partial charge in [0.25, 0.3) is 0 Å². The van der Waals surface area contributed by atoms with Gasteiger partial charge in [-0.1, -0.05) is 30.3 Å². The Morgan fingerprint density at radius 1 is 1.18 bits per heavy atom. The van der Waals surface area contributed by atoms with Gasteiger partial charge in [0.05, 0.1) is 0 Å². The van der Waals surface area contributed by atoms with Crippen LogP contribution in [0.2, 0.25) is 0 Å². The molecule has 0 saturated carbocycles. The van der Waals surface area contributed by atoms with E-state index in [1.54, 1.807) is 18.2 Å². The largest absolute Gasteiger partial charge is 0.462 e. The van der Waals surface area contributed by atoms with E-state index in [2.05, 4.69) is 0 Å². The van der Waals surface area contributed by atoms with Gasteiger partial charge < -0.3 is 10.5 Å². The van der Waals surface area contributed by atoms with Crippen LogP contribution in [0.5, 0.6) is 0 Å². The number of nitrogens with two attached hydrogens (primary N) is 1. The highest BCUT2D eigenvalue weighted by Gasteiger charge is 2.49. The molecule has 1 aliphatic rings. The third kappa shape index (κ3) is 1.98. The summed E-state index contributed by atoms with van der Waals surface area (Å²) in [4.78, 5) is 11.6. The highest BCUT2D eigenvalue weighted by Crippen LogP contribution is 2.39. The maximum Gasteiger partial charge on any atom is 0.425 e. The molecule has 1 aromatic carbocycles. The first-order valence-corrected chi connectivity index (χ1v) is 4.74. The van der Waals surface area contributed by atoms with Crippen LogP contribution in [0, 0.1) is 0 Å². The summed E-state index contributed by atoms with van der Waals surface area (Å²) in [5.41, 5.74) is 4.04. The summed E-state index contributed by atoms with van der Waals surface area (Å²) in [6.07, 6.45) is -6.09. The lowest BCUT2D eigenvalue weighted by Crippen LogP contribution is -2.21. The highest BCUT2D eigenvalue weighted by atomic mass is 19.4. The number of ketones is 1. The Labute approximate surface area is 94.7 Å². The van der Waals surface area contributed by atoms with Crippen molar-refractivity contribution in [1.82, 2.24) is 0 Å². The number of carbonyl (C=O) groups is 1. The highest BCUT2D eigenvalue weighted by molar-refractivity contribution is 6.02. The lowest BCUT2D eigenvalue weighted by molar-refractivity contribution is -0.131. The van der Waals surface area contributed by atoms with Crippen molar-refractivity contribution in [2.75, 3.05) is 0 Å². The molecule has 0 amide bonds. The van der Waals surface area contributed by atoms with Crippen molar-refractivity contribution in [2.24, 2.45) is 5.73 Å². The summed E-state index contributed by atoms with van der Waals surface area (Å²) in [6.45, 7) is 0. The first-order chi connectivity index (χ1) is 7.91. The molecule has 1 aromatic rings. The molecule has 1 atom stereocenters. The molecular formula is C11H8F3NO2. The van der Waals surface area contributed by atoms with Gasteiger partial charge in [-0.15, -0.1) is 0 Å². The first kappa shape index (κ1) is 11.5. The molecule has 2 N–H and O–H groups in total. The standard InChI is InChI=1S/C11H8F3NO2/c12-11(13,14)7-8(16)9(17-10(7)15)6-4-2-1-3-5-6/h1-5,9H,15H2. The predicted molar refractivity (Wildman–Crippen MR) is 52.5 cm³/mol. The monoisotopic (exact) mass is 243 g/mol. The van der Waals surface area contributed by atoms with E-state index < -0.39 is 29.5 Å². The van der Waals surface area contributed by atoms with Crippen LogP contribution in [0.4, 0.5) is 13.2 Å². The van der Waals surface area contributed by atoms with Crippen molar-refractivity contribution in [3.8, 4) is 0 Å². The minimum atomic E-state index is -4.79. The Morgan fingerprint density at radius 2 is 1.76 bits per heavy atom. The number of hydrogen-bond acceptors (Lipinski definition) is 3. The van der Waals surface area contributed by atoms with E-state index in [1.165, 1.54) is 12.1 Å². The Balaban J connectivity index is 2.34. The number of hydrogen-bond donors (Lipinski definition) is 1. The fourth-order valence-corrected chi connectivity index (χ4v) is 1.62. The Bertz CT molecular complexity index is 479. The third-order valence-corrected chi connectivity index (χ3v) is 2.36. The normalized spacial score (nSPS) is 20.6. The summed E-state index contributed by atoms with van der Waals surface area (Å²) >= 11 is 0. The summed E-state index contributed by atoms with van der Waals surface area (Å²) in [6, 6.07) is 7.91. The zero-order chi connectivity index (χ0) is 12.6. The third-order valence-electron chi connectivity index (χ3n) is 2.36. The zero-order valence-corrected chi connectivity index (χ0v) is 8.49. The van der Waals surface area contributed by atoms with Gasteiger partial charge in [-0.3, -0.25) is 4.79 Å². The van der Waals surface area contributed by atoms with Gasteiger partial charge in [-0.25, -0.2) is 0 Å². The number of Topliss-reactive ketones (excluding diaryl/α,β-unsaturated/α-hetero) is 1. The summed E-state index contributed by atoms with van der Waals surface area (Å²) in [5.74, 6) is -2.02. The second kappa shape index (κ2) is 3.80.